The molecule has 5 nitrogen and oxygen atoms in total. The molecule has 1 aliphatic carbocycles. The molecule has 2 aliphatic heterocycles. The number of piperidine rings is 1. The number of hydrogen-bond donors (Lipinski definition) is 1. The van der Waals surface area contributed by atoms with Gasteiger partial charge in [-0.1, -0.05) is 19.3 Å². The van der Waals surface area contributed by atoms with E-state index in [4.69, 9.17) is 0 Å². The molecule has 3 rings (SSSR count). The summed E-state index contributed by atoms with van der Waals surface area (Å²) in [4.78, 5) is 28.1. The van der Waals surface area contributed by atoms with Crippen molar-refractivity contribution in [1.29, 1.82) is 0 Å². The zero-order valence-electron chi connectivity index (χ0n) is 14.1. The molecule has 1 N–H and O–H groups in total. The number of β-amino-alcohol motifs (C(OH)–C–C–N with tert-alkyl or cyclic N) is 1. The van der Waals surface area contributed by atoms with E-state index >= 15 is 0 Å². The largest absolute Gasteiger partial charge is 0.378 e. The Bertz CT molecular complexity index is 473. The average Bonchev–Trinajstić information content (AvgIpc) is 2.55. The first-order chi connectivity index (χ1) is 10.9. The summed E-state index contributed by atoms with van der Waals surface area (Å²) in [7, 11) is 0. The maximum Gasteiger partial charge on any atom is 0.256 e. The summed E-state index contributed by atoms with van der Waals surface area (Å²) in [6.07, 6.45) is 7.31. The van der Waals surface area contributed by atoms with Gasteiger partial charge in [0.1, 0.15) is 0 Å². The normalized spacial score (nSPS) is 31.2. The molecule has 2 heterocycles. The predicted molar refractivity (Wildman–Crippen MR) is 91.3 cm³/mol. The Hall–Kier alpha value is -0.750. The number of aliphatic hydroxyl groups is 1. The van der Waals surface area contributed by atoms with Crippen molar-refractivity contribution < 1.29 is 14.7 Å². The molecule has 2 amide bonds. The van der Waals surface area contributed by atoms with Crippen molar-refractivity contribution in [3.8, 4) is 0 Å². The highest BCUT2D eigenvalue weighted by Crippen LogP contribution is 2.43. The summed E-state index contributed by atoms with van der Waals surface area (Å²) in [5, 5.41) is 10.9. The fourth-order valence-corrected chi connectivity index (χ4v) is 5.86. The molecule has 0 radical (unpaired) electrons. The van der Waals surface area contributed by atoms with Gasteiger partial charge < -0.3 is 14.9 Å². The maximum absolute atomic E-state index is 13.0. The second-order valence-corrected chi connectivity index (χ2v) is 8.96. The van der Waals surface area contributed by atoms with E-state index in [0.717, 1.165) is 12.3 Å². The van der Waals surface area contributed by atoms with Crippen molar-refractivity contribution >= 4 is 23.6 Å². The van der Waals surface area contributed by atoms with Gasteiger partial charge in [0.2, 0.25) is 5.91 Å². The van der Waals surface area contributed by atoms with Gasteiger partial charge in [0, 0.05) is 37.1 Å². The molecular weight excluding hydrogens is 312 g/mol. The van der Waals surface area contributed by atoms with Crippen molar-refractivity contribution in [2.24, 2.45) is 0 Å². The van der Waals surface area contributed by atoms with Crippen LogP contribution in [0.2, 0.25) is 0 Å². The Morgan fingerprint density at radius 3 is 2.39 bits per heavy atom. The summed E-state index contributed by atoms with van der Waals surface area (Å²) < 4.78 is 0.206. The summed E-state index contributed by atoms with van der Waals surface area (Å²) in [6, 6.07) is 0. The number of carbonyl (C=O) groups excluding carboxylic acids is 2. The van der Waals surface area contributed by atoms with E-state index in [0.29, 0.717) is 25.9 Å². The highest BCUT2D eigenvalue weighted by molar-refractivity contribution is 8.00. The third kappa shape index (κ3) is 3.53. The summed E-state index contributed by atoms with van der Waals surface area (Å²) in [6.45, 7) is 3.78. The number of amides is 2. The summed E-state index contributed by atoms with van der Waals surface area (Å²) in [5.74, 6) is 0.737. The third-order valence-electron chi connectivity index (χ3n) is 5.61. The fourth-order valence-electron chi connectivity index (χ4n) is 4.29. The Morgan fingerprint density at radius 2 is 1.70 bits per heavy atom. The number of hydrogen-bond acceptors (Lipinski definition) is 4. The van der Waals surface area contributed by atoms with E-state index in [1.165, 1.54) is 39.0 Å². The molecule has 1 saturated carbocycles. The molecular formula is C17H28N2O3S. The van der Waals surface area contributed by atoms with Gasteiger partial charge in [-0.3, -0.25) is 9.59 Å². The van der Waals surface area contributed by atoms with Gasteiger partial charge in [-0.05, 0) is 25.7 Å². The quantitative estimate of drug-likeness (QED) is 0.788. The third-order valence-corrected chi connectivity index (χ3v) is 7.15. The van der Waals surface area contributed by atoms with Crippen molar-refractivity contribution in [2.75, 3.05) is 31.9 Å². The van der Waals surface area contributed by atoms with Gasteiger partial charge in [0.05, 0.1) is 6.54 Å². The second kappa shape index (κ2) is 6.63. The van der Waals surface area contributed by atoms with Crippen LogP contribution in [0.1, 0.15) is 51.9 Å². The standard InChI is InChI=1S/C17H28N2O3S/c1-14(20)18-9-5-8-17(22,13-18)15(21)19-10-11-23-16(12-19)6-3-2-4-7-16/h22H,2-13H2,1H3/t17-/m0/s1. The molecule has 1 spiro atoms. The van der Waals surface area contributed by atoms with Gasteiger partial charge in [0.25, 0.3) is 5.91 Å². The van der Waals surface area contributed by atoms with E-state index in [1.807, 2.05) is 16.7 Å². The second-order valence-electron chi connectivity index (χ2n) is 7.39. The molecule has 130 valence electrons. The number of carbonyl (C=O) groups is 2. The van der Waals surface area contributed by atoms with Crippen LogP contribution in [-0.4, -0.2) is 69.0 Å². The highest BCUT2D eigenvalue weighted by Gasteiger charge is 2.47. The Kier molecular flexibility index (Phi) is 4.93. The molecule has 23 heavy (non-hydrogen) atoms. The Morgan fingerprint density at radius 1 is 0.957 bits per heavy atom. The van der Waals surface area contributed by atoms with Crippen LogP contribution in [0.3, 0.4) is 0 Å². The van der Waals surface area contributed by atoms with E-state index in [9.17, 15) is 14.7 Å². The number of rotatable bonds is 1. The van der Waals surface area contributed by atoms with Gasteiger partial charge in [-0.2, -0.15) is 11.8 Å². The zero-order chi connectivity index (χ0) is 16.5. The summed E-state index contributed by atoms with van der Waals surface area (Å²) >= 11 is 2.02. The number of thioether (sulfide) groups is 1. The molecule has 0 aromatic carbocycles. The predicted octanol–water partition coefficient (Wildman–Crippen LogP) is 1.64. The van der Waals surface area contributed by atoms with Gasteiger partial charge in [-0.25, -0.2) is 0 Å². The molecule has 6 heteroatoms. The van der Waals surface area contributed by atoms with Crippen LogP contribution in [0.5, 0.6) is 0 Å². The van der Waals surface area contributed by atoms with Crippen molar-refractivity contribution in [3.63, 3.8) is 0 Å². The van der Waals surface area contributed by atoms with E-state index in [1.54, 1.807) is 4.90 Å². The Balaban J connectivity index is 1.70. The van der Waals surface area contributed by atoms with Crippen LogP contribution in [-0.2, 0) is 9.59 Å². The van der Waals surface area contributed by atoms with E-state index in [2.05, 4.69) is 0 Å². The van der Waals surface area contributed by atoms with Crippen LogP contribution >= 0.6 is 11.8 Å². The highest BCUT2D eigenvalue weighted by atomic mass is 32.2. The smallest absolute Gasteiger partial charge is 0.256 e. The first-order valence-corrected chi connectivity index (χ1v) is 9.84. The van der Waals surface area contributed by atoms with Crippen molar-refractivity contribution in [1.82, 2.24) is 9.80 Å². The van der Waals surface area contributed by atoms with E-state index < -0.39 is 5.60 Å². The molecule has 0 aromatic rings. The lowest BCUT2D eigenvalue weighted by atomic mass is 9.86. The maximum atomic E-state index is 13.0. The summed E-state index contributed by atoms with van der Waals surface area (Å²) in [5.41, 5.74) is -1.39. The fraction of sp³-hybridized carbons (Fsp3) is 0.882. The molecule has 0 bridgehead atoms. The first kappa shape index (κ1) is 17.1. The molecule has 0 unspecified atom stereocenters. The van der Waals surface area contributed by atoms with Crippen LogP contribution in [0.25, 0.3) is 0 Å². The molecule has 2 saturated heterocycles. The van der Waals surface area contributed by atoms with Gasteiger partial charge >= 0.3 is 0 Å². The Labute approximate surface area is 142 Å². The minimum atomic E-state index is -1.39. The lowest BCUT2D eigenvalue weighted by Gasteiger charge is -2.47. The lowest BCUT2D eigenvalue weighted by molar-refractivity contribution is -0.160. The monoisotopic (exact) mass is 340 g/mol. The average molecular weight is 340 g/mol. The molecule has 3 aliphatic rings. The number of likely N-dealkylation sites (tertiary alicyclic amines) is 1. The molecule has 3 fully saturated rings. The number of nitrogens with zero attached hydrogens (tertiary/aromatic N) is 2. The lowest BCUT2D eigenvalue weighted by Crippen LogP contribution is -2.61. The van der Waals surface area contributed by atoms with E-state index in [-0.39, 0.29) is 23.1 Å². The molecule has 1 atom stereocenters. The minimum Gasteiger partial charge on any atom is -0.378 e. The van der Waals surface area contributed by atoms with Gasteiger partial charge in [0.15, 0.2) is 5.60 Å². The van der Waals surface area contributed by atoms with Gasteiger partial charge in [-0.15, -0.1) is 0 Å². The SMILES string of the molecule is CC(=O)N1CCC[C@@](O)(C(=O)N2CCSC3(CCCCC3)C2)C1. The zero-order valence-corrected chi connectivity index (χ0v) is 14.9. The first-order valence-electron chi connectivity index (χ1n) is 8.85. The molecule has 0 aromatic heterocycles. The topological polar surface area (TPSA) is 60.9 Å². The van der Waals surface area contributed by atoms with Crippen LogP contribution in [0.15, 0.2) is 0 Å². The minimum absolute atomic E-state index is 0.0612. The van der Waals surface area contributed by atoms with Crippen LogP contribution in [0, 0.1) is 0 Å². The van der Waals surface area contributed by atoms with Crippen LogP contribution < -0.4 is 0 Å². The van der Waals surface area contributed by atoms with Crippen LogP contribution in [0.4, 0.5) is 0 Å². The van der Waals surface area contributed by atoms with Crippen molar-refractivity contribution in [2.45, 2.75) is 62.2 Å². The van der Waals surface area contributed by atoms with Crippen molar-refractivity contribution in [3.05, 3.63) is 0 Å².